The maximum absolute atomic E-state index is 10.9. The Labute approximate surface area is 167 Å². The van der Waals surface area contributed by atoms with Crippen LogP contribution < -0.4 is 4.80 Å². The molecule has 2 aromatic carbocycles. The van der Waals surface area contributed by atoms with E-state index >= 15 is 0 Å². The standard InChI is InChI=1S/C22H21N3O2S/c1-15-18(17-10-6-7-11-19(17)23-15)14-20-21(26)25(12-13-27-2)22(28-20)24-16-8-4-3-5-9-16/h3-11,14,26H,12-13H2,1-2H3/b18-14-,24-22?. The number of hydrogen-bond acceptors (Lipinski definition) is 5. The highest BCUT2D eigenvalue weighted by Crippen LogP contribution is 2.37. The molecule has 0 unspecified atom stereocenters. The Morgan fingerprint density at radius 1 is 1.14 bits per heavy atom. The lowest BCUT2D eigenvalue weighted by Gasteiger charge is -2.04. The zero-order valence-corrected chi connectivity index (χ0v) is 16.6. The molecular weight excluding hydrogens is 370 g/mol. The highest BCUT2D eigenvalue weighted by molar-refractivity contribution is 7.10. The van der Waals surface area contributed by atoms with Gasteiger partial charge in [-0.15, -0.1) is 0 Å². The second-order valence-corrected chi connectivity index (χ2v) is 7.45. The number of nitrogens with zero attached hydrogens (tertiary/aromatic N) is 3. The summed E-state index contributed by atoms with van der Waals surface area (Å²) in [4.78, 5) is 10.8. The molecule has 1 N–H and O–H groups in total. The molecule has 1 aliphatic heterocycles. The number of para-hydroxylation sites is 2. The van der Waals surface area contributed by atoms with Crippen LogP contribution in [0.15, 0.2) is 64.6 Å². The summed E-state index contributed by atoms with van der Waals surface area (Å²) in [5.74, 6) is 0.196. The Kier molecular flexibility index (Phi) is 5.23. The van der Waals surface area contributed by atoms with Gasteiger partial charge in [-0.25, -0.2) is 4.99 Å². The lowest BCUT2D eigenvalue weighted by Crippen LogP contribution is -2.16. The Bertz CT molecular complexity index is 1120. The summed E-state index contributed by atoms with van der Waals surface area (Å²) < 4.78 is 7.00. The Morgan fingerprint density at radius 2 is 1.89 bits per heavy atom. The third-order valence-corrected chi connectivity index (χ3v) is 5.57. The van der Waals surface area contributed by atoms with Crippen LogP contribution in [0.25, 0.3) is 11.6 Å². The smallest absolute Gasteiger partial charge is 0.211 e. The van der Waals surface area contributed by atoms with Gasteiger partial charge in [0, 0.05) is 24.0 Å². The molecule has 1 aromatic heterocycles. The summed E-state index contributed by atoms with van der Waals surface area (Å²) in [6.45, 7) is 3.01. The number of benzene rings is 2. The highest BCUT2D eigenvalue weighted by Gasteiger charge is 2.19. The van der Waals surface area contributed by atoms with E-state index < -0.39 is 0 Å². The largest absolute Gasteiger partial charge is 0.493 e. The van der Waals surface area contributed by atoms with Crippen LogP contribution in [-0.2, 0) is 11.3 Å². The van der Waals surface area contributed by atoms with Gasteiger partial charge in [0.1, 0.15) is 0 Å². The van der Waals surface area contributed by atoms with Crippen LogP contribution in [0.4, 0.5) is 11.4 Å². The summed E-state index contributed by atoms with van der Waals surface area (Å²) >= 11 is 1.45. The average Bonchev–Trinajstić information content (AvgIpc) is 3.18. The van der Waals surface area contributed by atoms with E-state index in [2.05, 4.69) is 11.1 Å². The normalized spacial score (nSPS) is 15.1. The van der Waals surface area contributed by atoms with Gasteiger partial charge in [0.05, 0.1) is 29.4 Å². The van der Waals surface area contributed by atoms with Gasteiger partial charge < -0.3 is 9.84 Å². The molecule has 0 saturated heterocycles. The molecule has 4 rings (SSSR count). The topological polar surface area (TPSA) is 59.1 Å². The minimum Gasteiger partial charge on any atom is -0.493 e. The fourth-order valence-corrected chi connectivity index (χ4v) is 4.16. The minimum atomic E-state index is 0.196. The molecule has 0 amide bonds. The molecule has 0 spiro atoms. The van der Waals surface area contributed by atoms with E-state index in [9.17, 15) is 5.11 Å². The quantitative estimate of drug-likeness (QED) is 0.680. The molecular formula is C22H21N3O2S. The number of methoxy groups -OCH3 is 1. The first-order chi connectivity index (χ1) is 13.7. The molecule has 2 heterocycles. The van der Waals surface area contributed by atoms with Crippen molar-refractivity contribution < 1.29 is 9.84 Å². The first kappa shape index (κ1) is 18.4. The van der Waals surface area contributed by atoms with Gasteiger partial charge in [0.25, 0.3) is 0 Å². The number of aliphatic imine (C=N–C) groups is 1. The van der Waals surface area contributed by atoms with Crippen LogP contribution in [0, 0.1) is 0 Å². The van der Waals surface area contributed by atoms with E-state index in [1.54, 1.807) is 11.7 Å². The van der Waals surface area contributed by atoms with Crippen molar-refractivity contribution >= 4 is 40.1 Å². The molecule has 0 aliphatic carbocycles. The van der Waals surface area contributed by atoms with Crippen molar-refractivity contribution in [3.05, 3.63) is 69.8 Å². The number of aromatic hydroxyl groups is 1. The molecule has 0 fully saturated rings. The SMILES string of the molecule is COCCn1c(O)c(/C=C2/C(C)=Nc3ccccc32)sc1=Nc1ccccc1. The van der Waals surface area contributed by atoms with Crippen molar-refractivity contribution in [1.29, 1.82) is 0 Å². The number of hydrogen-bond donors (Lipinski definition) is 1. The van der Waals surface area contributed by atoms with Gasteiger partial charge in [0.15, 0.2) is 4.80 Å². The van der Waals surface area contributed by atoms with Gasteiger partial charge in [-0.3, -0.25) is 9.56 Å². The first-order valence-corrected chi connectivity index (χ1v) is 9.87. The molecule has 142 valence electrons. The van der Waals surface area contributed by atoms with Gasteiger partial charge >= 0.3 is 0 Å². The van der Waals surface area contributed by atoms with Crippen LogP contribution >= 0.6 is 11.3 Å². The van der Waals surface area contributed by atoms with Crippen molar-refractivity contribution in [1.82, 2.24) is 4.57 Å². The second kappa shape index (κ2) is 7.96. The summed E-state index contributed by atoms with van der Waals surface area (Å²) in [5, 5.41) is 10.9. The molecule has 28 heavy (non-hydrogen) atoms. The monoisotopic (exact) mass is 391 g/mol. The van der Waals surface area contributed by atoms with E-state index in [0.29, 0.717) is 13.2 Å². The molecule has 3 aromatic rings. The van der Waals surface area contributed by atoms with E-state index in [1.807, 2.05) is 61.5 Å². The molecule has 0 saturated carbocycles. The molecule has 0 atom stereocenters. The summed E-state index contributed by atoms with van der Waals surface area (Å²) in [7, 11) is 1.65. The van der Waals surface area contributed by atoms with Crippen LogP contribution in [0.1, 0.15) is 17.4 Å². The van der Waals surface area contributed by atoms with Crippen molar-refractivity contribution in [3.63, 3.8) is 0 Å². The van der Waals surface area contributed by atoms with Crippen molar-refractivity contribution in [3.8, 4) is 5.88 Å². The van der Waals surface area contributed by atoms with Crippen LogP contribution in [0.2, 0.25) is 0 Å². The van der Waals surface area contributed by atoms with Gasteiger partial charge in [-0.2, -0.15) is 0 Å². The van der Waals surface area contributed by atoms with Crippen LogP contribution in [0.5, 0.6) is 5.88 Å². The minimum absolute atomic E-state index is 0.196. The van der Waals surface area contributed by atoms with Crippen LogP contribution in [-0.4, -0.2) is 29.1 Å². The number of ether oxygens (including phenoxy) is 1. The zero-order chi connectivity index (χ0) is 19.5. The second-order valence-electron chi connectivity index (χ2n) is 6.44. The van der Waals surface area contributed by atoms with Gasteiger partial charge in [0.2, 0.25) is 5.88 Å². The van der Waals surface area contributed by atoms with E-state index in [0.717, 1.165) is 37.9 Å². The van der Waals surface area contributed by atoms with Crippen molar-refractivity contribution in [2.24, 2.45) is 9.98 Å². The summed E-state index contributed by atoms with van der Waals surface area (Å²) in [6.07, 6.45) is 2.00. The average molecular weight is 391 g/mol. The fraction of sp³-hybridized carbons (Fsp3) is 0.182. The third-order valence-electron chi connectivity index (χ3n) is 4.56. The lowest BCUT2D eigenvalue weighted by molar-refractivity contribution is 0.183. The molecule has 5 nitrogen and oxygen atoms in total. The highest BCUT2D eigenvalue weighted by atomic mass is 32.1. The number of thiazole rings is 1. The predicted octanol–water partition coefficient (Wildman–Crippen LogP) is 4.78. The lowest BCUT2D eigenvalue weighted by atomic mass is 10.0. The number of allylic oxidation sites excluding steroid dienone is 1. The summed E-state index contributed by atoms with van der Waals surface area (Å²) in [6, 6.07) is 17.8. The maximum atomic E-state index is 10.9. The molecule has 6 heteroatoms. The molecule has 1 aliphatic rings. The first-order valence-electron chi connectivity index (χ1n) is 9.05. The van der Waals surface area contributed by atoms with Gasteiger partial charge in [-0.05, 0) is 31.2 Å². The maximum Gasteiger partial charge on any atom is 0.211 e. The number of rotatable bonds is 5. The molecule has 0 bridgehead atoms. The van der Waals surface area contributed by atoms with Crippen molar-refractivity contribution in [2.45, 2.75) is 13.5 Å². The summed E-state index contributed by atoms with van der Waals surface area (Å²) in [5.41, 5.74) is 4.86. The van der Waals surface area contributed by atoms with Crippen LogP contribution in [0.3, 0.4) is 0 Å². The Morgan fingerprint density at radius 3 is 2.68 bits per heavy atom. The van der Waals surface area contributed by atoms with E-state index in [-0.39, 0.29) is 5.88 Å². The zero-order valence-electron chi connectivity index (χ0n) is 15.8. The molecule has 0 radical (unpaired) electrons. The number of aromatic nitrogens is 1. The van der Waals surface area contributed by atoms with Crippen molar-refractivity contribution in [2.75, 3.05) is 13.7 Å². The fourth-order valence-electron chi connectivity index (χ4n) is 3.14. The van der Waals surface area contributed by atoms with E-state index in [4.69, 9.17) is 9.73 Å². The Balaban J connectivity index is 1.83. The van der Waals surface area contributed by atoms with Gasteiger partial charge in [-0.1, -0.05) is 47.7 Å². The Hall–Kier alpha value is -2.96. The number of fused-ring (bicyclic) bond motifs is 1. The predicted molar refractivity (Wildman–Crippen MR) is 115 cm³/mol. The third kappa shape index (κ3) is 3.56. The van der Waals surface area contributed by atoms with E-state index in [1.165, 1.54) is 11.3 Å².